The average Bonchev–Trinajstić information content (AvgIpc) is 2.11. The maximum Gasteiger partial charge on any atom is 0.309 e. The van der Waals surface area contributed by atoms with Crippen molar-refractivity contribution in [1.82, 2.24) is 10.6 Å². The zero-order valence-corrected chi connectivity index (χ0v) is 8.84. The summed E-state index contributed by atoms with van der Waals surface area (Å²) in [5.41, 5.74) is 5.09. The van der Waals surface area contributed by atoms with Gasteiger partial charge in [0.1, 0.15) is 0 Å². The monoisotopic (exact) mass is 238 g/mol. The predicted molar refractivity (Wildman–Crippen MR) is 53.0 cm³/mol. The fraction of sp³-hybridized carbons (Fsp3) is 0.667. The minimum Gasteiger partial charge on any atom is -0.347 e. The lowest BCUT2D eigenvalue weighted by Gasteiger charge is -2.04. The lowest BCUT2D eigenvalue weighted by Crippen LogP contribution is -2.43. The van der Waals surface area contributed by atoms with Crippen molar-refractivity contribution in [3.05, 3.63) is 0 Å². The van der Waals surface area contributed by atoms with Gasteiger partial charge in [-0.25, -0.2) is 13.6 Å². The fourth-order valence-corrected chi connectivity index (χ4v) is 1.04. The van der Waals surface area contributed by atoms with Crippen molar-refractivity contribution < 1.29 is 18.0 Å². The molecule has 88 valence electrons. The van der Waals surface area contributed by atoms with E-state index < -0.39 is 27.6 Å². The highest BCUT2D eigenvalue weighted by atomic mass is 32.2. The second-order valence-corrected chi connectivity index (χ2v) is 4.40. The Hall–Kier alpha value is -1.19. The molecular weight excluding hydrogens is 224 g/mol. The van der Waals surface area contributed by atoms with E-state index in [1.807, 2.05) is 0 Å². The molecule has 0 fully saturated rings. The van der Waals surface area contributed by atoms with Gasteiger partial charge in [-0.1, -0.05) is 0 Å². The molecule has 0 rings (SSSR count). The summed E-state index contributed by atoms with van der Waals surface area (Å²) in [5, 5.41) is 9.00. The van der Waals surface area contributed by atoms with Crippen LogP contribution in [-0.4, -0.2) is 45.6 Å². The van der Waals surface area contributed by atoms with Crippen molar-refractivity contribution in [3.63, 3.8) is 0 Å². The van der Waals surface area contributed by atoms with Crippen LogP contribution in [0.2, 0.25) is 0 Å². The molecule has 8 nitrogen and oxygen atoms in total. The van der Waals surface area contributed by atoms with E-state index >= 15 is 0 Å². The minimum absolute atomic E-state index is 0.182. The Kier molecular flexibility index (Phi) is 5.82. The lowest BCUT2D eigenvalue weighted by molar-refractivity contribution is -0.139. The Morgan fingerprint density at radius 2 is 1.53 bits per heavy atom. The van der Waals surface area contributed by atoms with Gasteiger partial charge in [-0.05, 0) is 0 Å². The molecule has 0 atom stereocenters. The molecule has 0 unspecified atom stereocenters. The largest absolute Gasteiger partial charge is 0.347 e. The number of hydrogen-bond acceptors (Lipinski definition) is 5. The Morgan fingerprint density at radius 3 is 1.93 bits per heavy atom. The highest BCUT2D eigenvalue weighted by Crippen LogP contribution is 1.75. The summed E-state index contributed by atoms with van der Waals surface area (Å²) in [7, 11) is -3.63. The van der Waals surface area contributed by atoms with Crippen molar-refractivity contribution in [2.24, 2.45) is 10.9 Å². The van der Waals surface area contributed by atoms with Gasteiger partial charge >= 0.3 is 11.8 Å². The quantitative estimate of drug-likeness (QED) is 0.367. The van der Waals surface area contributed by atoms with Crippen LogP contribution in [0.1, 0.15) is 0 Å². The molecule has 0 aromatic heterocycles. The van der Waals surface area contributed by atoms with E-state index in [0.717, 1.165) is 0 Å². The highest BCUT2D eigenvalue weighted by molar-refractivity contribution is 7.89. The van der Waals surface area contributed by atoms with Crippen LogP contribution in [-0.2, 0) is 19.6 Å². The summed E-state index contributed by atoms with van der Waals surface area (Å²) >= 11 is 0. The Morgan fingerprint density at radius 1 is 1.07 bits per heavy atom. The van der Waals surface area contributed by atoms with Gasteiger partial charge in [-0.15, -0.1) is 0 Å². The summed E-state index contributed by atoms with van der Waals surface area (Å²) in [6.45, 7) is 0.200. The van der Waals surface area contributed by atoms with E-state index in [4.69, 9.17) is 5.73 Å². The summed E-state index contributed by atoms with van der Waals surface area (Å²) in [6.07, 6.45) is 0. The van der Waals surface area contributed by atoms with Crippen LogP contribution in [0.3, 0.4) is 0 Å². The Bertz CT molecular complexity index is 326. The number of amides is 2. The second kappa shape index (κ2) is 6.32. The third-order valence-corrected chi connectivity index (χ3v) is 2.08. The number of sulfonamides is 1. The molecular formula is C6H14N4O4S. The van der Waals surface area contributed by atoms with Crippen molar-refractivity contribution in [2.45, 2.75) is 0 Å². The molecule has 0 saturated heterocycles. The third kappa shape index (κ3) is 7.85. The van der Waals surface area contributed by atoms with Crippen molar-refractivity contribution in [3.8, 4) is 0 Å². The zero-order valence-electron chi connectivity index (χ0n) is 8.02. The fourth-order valence-electron chi connectivity index (χ4n) is 0.653. The standard InChI is InChI=1S/C6H14N4O4S/c7-1-2-9-5(11)6(12)10-3-4-15(8,13)14/h1-4,7H2,(H,9,11)(H,10,12)(H2,8,13,14). The van der Waals surface area contributed by atoms with Gasteiger partial charge < -0.3 is 16.4 Å². The van der Waals surface area contributed by atoms with E-state index in [9.17, 15) is 18.0 Å². The number of carbonyl (C=O) groups is 2. The van der Waals surface area contributed by atoms with Gasteiger partial charge in [0.05, 0.1) is 5.75 Å². The van der Waals surface area contributed by atoms with Crippen LogP contribution in [0, 0.1) is 0 Å². The molecule has 0 radical (unpaired) electrons. The van der Waals surface area contributed by atoms with Gasteiger partial charge in [0.15, 0.2) is 0 Å². The van der Waals surface area contributed by atoms with E-state index in [2.05, 4.69) is 15.8 Å². The van der Waals surface area contributed by atoms with Gasteiger partial charge in [0.2, 0.25) is 10.0 Å². The first kappa shape index (κ1) is 13.8. The Balaban J connectivity index is 3.79. The normalized spacial score (nSPS) is 10.8. The summed E-state index contributed by atoms with van der Waals surface area (Å²) in [6, 6.07) is 0. The average molecular weight is 238 g/mol. The van der Waals surface area contributed by atoms with Crippen LogP contribution in [0.25, 0.3) is 0 Å². The number of nitrogens with two attached hydrogens (primary N) is 2. The number of nitrogens with one attached hydrogen (secondary N) is 2. The van der Waals surface area contributed by atoms with Crippen LogP contribution in [0.5, 0.6) is 0 Å². The maximum atomic E-state index is 10.9. The SMILES string of the molecule is NCCNC(=O)C(=O)NCCS(N)(=O)=O. The molecule has 15 heavy (non-hydrogen) atoms. The molecule has 6 N–H and O–H groups in total. The molecule has 0 aliphatic heterocycles. The van der Waals surface area contributed by atoms with Crippen molar-refractivity contribution >= 4 is 21.8 Å². The topological polar surface area (TPSA) is 144 Å². The zero-order chi connectivity index (χ0) is 11.9. The van der Waals surface area contributed by atoms with Crippen LogP contribution in [0.15, 0.2) is 0 Å². The number of primary sulfonamides is 1. The highest BCUT2D eigenvalue weighted by Gasteiger charge is 2.12. The molecule has 0 heterocycles. The van der Waals surface area contributed by atoms with Gasteiger partial charge in [-0.2, -0.15) is 0 Å². The third-order valence-electron chi connectivity index (χ3n) is 1.31. The summed E-state index contributed by atoms with van der Waals surface area (Å²) < 4.78 is 20.9. The molecule has 0 aliphatic rings. The Labute approximate surface area is 87.4 Å². The first-order valence-corrected chi connectivity index (χ1v) is 5.85. The predicted octanol–water partition coefficient (Wildman–Crippen LogP) is -3.53. The maximum absolute atomic E-state index is 10.9. The summed E-state index contributed by atoms with van der Waals surface area (Å²) in [5.74, 6) is -2.18. The number of carbonyl (C=O) groups excluding carboxylic acids is 2. The van der Waals surface area contributed by atoms with E-state index in [1.54, 1.807) is 0 Å². The minimum atomic E-state index is -3.63. The van der Waals surface area contributed by atoms with Gasteiger partial charge in [0.25, 0.3) is 0 Å². The molecule has 2 amide bonds. The van der Waals surface area contributed by atoms with Gasteiger partial charge in [0, 0.05) is 19.6 Å². The first-order valence-electron chi connectivity index (χ1n) is 4.13. The lowest BCUT2D eigenvalue weighted by atomic mass is 10.5. The first-order chi connectivity index (χ1) is 6.87. The van der Waals surface area contributed by atoms with Gasteiger partial charge in [-0.3, -0.25) is 9.59 Å². The van der Waals surface area contributed by atoms with Crippen molar-refractivity contribution in [2.75, 3.05) is 25.4 Å². The molecule has 0 saturated carbocycles. The van der Waals surface area contributed by atoms with E-state index in [0.29, 0.717) is 0 Å². The van der Waals surface area contributed by atoms with Crippen molar-refractivity contribution in [1.29, 1.82) is 0 Å². The smallest absolute Gasteiger partial charge is 0.309 e. The molecule has 0 bridgehead atoms. The van der Waals surface area contributed by atoms with E-state index in [1.165, 1.54) is 0 Å². The second-order valence-electron chi connectivity index (χ2n) is 2.67. The van der Waals surface area contributed by atoms with Crippen LogP contribution < -0.4 is 21.5 Å². The molecule has 0 aromatic rings. The van der Waals surface area contributed by atoms with Crippen LogP contribution >= 0.6 is 0 Å². The molecule has 0 aromatic carbocycles. The molecule has 9 heteroatoms. The molecule has 0 aliphatic carbocycles. The molecule has 0 spiro atoms. The number of rotatable bonds is 5. The van der Waals surface area contributed by atoms with E-state index in [-0.39, 0.29) is 19.6 Å². The number of hydrogen-bond donors (Lipinski definition) is 4. The van der Waals surface area contributed by atoms with Crippen LogP contribution in [0.4, 0.5) is 0 Å². The summed E-state index contributed by atoms with van der Waals surface area (Å²) in [4.78, 5) is 21.8.